The number of alkyl halides is 3. The van der Waals surface area contributed by atoms with Gasteiger partial charge in [0.15, 0.2) is 5.69 Å². The maximum Gasteiger partial charge on any atom is 0.437 e. The number of nitrogens with one attached hydrogen (secondary N) is 1. The molecule has 1 N–H and O–H groups in total. The van der Waals surface area contributed by atoms with Crippen molar-refractivity contribution < 1.29 is 31.9 Å². The van der Waals surface area contributed by atoms with Gasteiger partial charge in [0.25, 0.3) is 11.9 Å². The molecular weight excluding hydrogens is 493 g/mol. The molecular formula is C24H31F3N6O4. The second-order valence-corrected chi connectivity index (χ2v) is 10.0. The standard InChI is InChI=1S/C24H31F3N6O4/c1-23(2,3)37-22(35)33-13-11-31(12-14-33)17-8-7-16(15-28-17)29-20(34)18-19(24(25,26)27)30-21(36-18)32-9-5-4-6-10-32/h7-8,15H,4-6,9-14H2,1-3H3,(H,29,34). The van der Waals surface area contributed by atoms with Crippen LogP contribution in [0, 0.1) is 0 Å². The van der Waals surface area contributed by atoms with Gasteiger partial charge in [0, 0.05) is 39.3 Å². The number of carbonyl (C=O) groups excluding carboxylic acids is 2. The molecule has 37 heavy (non-hydrogen) atoms. The van der Waals surface area contributed by atoms with E-state index in [2.05, 4.69) is 15.3 Å². The van der Waals surface area contributed by atoms with Gasteiger partial charge in [-0.15, -0.1) is 0 Å². The van der Waals surface area contributed by atoms with Gasteiger partial charge in [0.1, 0.15) is 11.4 Å². The number of rotatable bonds is 4. The van der Waals surface area contributed by atoms with Crippen molar-refractivity contribution in [1.82, 2.24) is 14.9 Å². The summed E-state index contributed by atoms with van der Waals surface area (Å²) in [7, 11) is 0. The fourth-order valence-electron chi connectivity index (χ4n) is 4.15. The van der Waals surface area contributed by atoms with Crippen LogP contribution in [0.15, 0.2) is 22.7 Å². The zero-order chi connectivity index (χ0) is 26.8. The number of anilines is 3. The summed E-state index contributed by atoms with van der Waals surface area (Å²) in [4.78, 5) is 38.1. The van der Waals surface area contributed by atoms with Crippen LogP contribution >= 0.6 is 0 Å². The summed E-state index contributed by atoms with van der Waals surface area (Å²) in [6.07, 6.45) is -1.22. The van der Waals surface area contributed by atoms with E-state index >= 15 is 0 Å². The normalized spacial score (nSPS) is 17.1. The van der Waals surface area contributed by atoms with Crippen LogP contribution in [0.3, 0.4) is 0 Å². The summed E-state index contributed by atoms with van der Waals surface area (Å²) >= 11 is 0. The van der Waals surface area contributed by atoms with Gasteiger partial charge in [0.05, 0.1) is 11.9 Å². The lowest BCUT2D eigenvalue weighted by molar-refractivity contribution is -0.141. The molecule has 0 radical (unpaired) electrons. The number of piperazine rings is 1. The molecule has 2 amide bonds. The third-order valence-electron chi connectivity index (χ3n) is 5.98. The van der Waals surface area contributed by atoms with Crippen LogP contribution in [0.1, 0.15) is 56.3 Å². The average Bonchev–Trinajstić information content (AvgIpc) is 3.31. The van der Waals surface area contributed by atoms with Crippen molar-refractivity contribution in [3.05, 3.63) is 29.8 Å². The number of pyridine rings is 1. The number of aromatic nitrogens is 2. The van der Waals surface area contributed by atoms with Crippen molar-refractivity contribution in [2.75, 3.05) is 54.4 Å². The minimum absolute atomic E-state index is 0.198. The fourth-order valence-corrected chi connectivity index (χ4v) is 4.15. The lowest BCUT2D eigenvalue weighted by Crippen LogP contribution is -2.50. The quantitative estimate of drug-likeness (QED) is 0.628. The summed E-state index contributed by atoms with van der Waals surface area (Å²) in [5, 5.41) is 2.42. The monoisotopic (exact) mass is 524 g/mol. The number of carbonyl (C=O) groups is 2. The Morgan fingerprint density at radius 1 is 0.973 bits per heavy atom. The first-order valence-electron chi connectivity index (χ1n) is 12.2. The van der Waals surface area contributed by atoms with E-state index < -0.39 is 29.1 Å². The molecule has 0 aromatic carbocycles. The molecule has 0 bridgehead atoms. The van der Waals surface area contributed by atoms with Crippen LogP contribution in [0.25, 0.3) is 0 Å². The van der Waals surface area contributed by atoms with E-state index in [1.807, 2.05) is 25.7 Å². The van der Waals surface area contributed by atoms with E-state index in [4.69, 9.17) is 9.15 Å². The number of hydrogen-bond acceptors (Lipinski definition) is 8. The molecule has 0 atom stereocenters. The Balaban J connectivity index is 1.39. The minimum atomic E-state index is -4.84. The maximum atomic E-state index is 13.6. The van der Waals surface area contributed by atoms with E-state index in [0.717, 1.165) is 19.3 Å². The second-order valence-electron chi connectivity index (χ2n) is 10.0. The van der Waals surface area contributed by atoms with Crippen LogP contribution in [0.5, 0.6) is 0 Å². The lowest BCUT2D eigenvalue weighted by Gasteiger charge is -2.36. The first-order valence-corrected chi connectivity index (χ1v) is 12.2. The highest BCUT2D eigenvalue weighted by molar-refractivity contribution is 6.03. The van der Waals surface area contributed by atoms with E-state index in [1.54, 1.807) is 21.9 Å². The molecule has 4 heterocycles. The van der Waals surface area contributed by atoms with Crippen molar-refractivity contribution >= 4 is 29.5 Å². The molecule has 0 aliphatic carbocycles. The van der Waals surface area contributed by atoms with Crippen LogP contribution in [0.4, 0.5) is 35.5 Å². The Morgan fingerprint density at radius 2 is 1.65 bits per heavy atom. The highest BCUT2D eigenvalue weighted by Crippen LogP contribution is 2.35. The zero-order valence-electron chi connectivity index (χ0n) is 21.1. The summed E-state index contributed by atoms with van der Waals surface area (Å²) in [6.45, 7) is 8.46. The predicted octanol–water partition coefficient (Wildman–Crippen LogP) is 4.39. The zero-order valence-corrected chi connectivity index (χ0v) is 21.1. The number of amides is 2. The molecule has 10 nitrogen and oxygen atoms in total. The smallest absolute Gasteiger partial charge is 0.437 e. The Kier molecular flexibility index (Phi) is 7.51. The topological polar surface area (TPSA) is 104 Å². The molecule has 2 aromatic rings. The first kappa shape index (κ1) is 26.6. The third kappa shape index (κ3) is 6.63. The van der Waals surface area contributed by atoms with Gasteiger partial charge < -0.3 is 29.2 Å². The first-order chi connectivity index (χ1) is 17.4. The predicted molar refractivity (Wildman–Crippen MR) is 130 cm³/mol. The molecule has 4 rings (SSSR count). The third-order valence-corrected chi connectivity index (χ3v) is 5.98. The Morgan fingerprint density at radius 3 is 2.22 bits per heavy atom. The van der Waals surface area contributed by atoms with Crippen LogP contribution in [-0.4, -0.2) is 71.7 Å². The Bertz CT molecular complexity index is 1100. The van der Waals surface area contributed by atoms with Crippen LogP contribution < -0.4 is 15.1 Å². The van der Waals surface area contributed by atoms with E-state index in [-0.39, 0.29) is 17.8 Å². The highest BCUT2D eigenvalue weighted by Gasteiger charge is 2.42. The second kappa shape index (κ2) is 10.5. The Labute approximate surface area is 212 Å². The van der Waals surface area contributed by atoms with Gasteiger partial charge in [-0.05, 0) is 52.2 Å². The fraction of sp³-hybridized carbons (Fsp3) is 0.583. The van der Waals surface area contributed by atoms with Crippen molar-refractivity contribution in [3.63, 3.8) is 0 Å². The molecule has 2 aliphatic heterocycles. The molecule has 2 fully saturated rings. The largest absolute Gasteiger partial charge is 0.444 e. The van der Waals surface area contributed by atoms with E-state index in [9.17, 15) is 22.8 Å². The Hall–Kier alpha value is -3.51. The molecule has 13 heteroatoms. The minimum Gasteiger partial charge on any atom is -0.444 e. The van der Waals surface area contributed by atoms with Gasteiger partial charge in [0.2, 0.25) is 5.76 Å². The summed E-state index contributed by atoms with van der Waals surface area (Å²) in [5.41, 5.74) is -1.71. The summed E-state index contributed by atoms with van der Waals surface area (Å²) in [6, 6.07) is 3.01. The van der Waals surface area contributed by atoms with Crippen molar-refractivity contribution in [2.24, 2.45) is 0 Å². The SMILES string of the molecule is CC(C)(C)OC(=O)N1CCN(c2ccc(NC(=O)c3oc(N4CCCCC4)nc3C(F)(F)F)cn2)CC1. The van der Waals surface area contributed by atoms with E-state index in [0.29, 0.717) is 45.1 Å². The number of nitrogens with zero attached hydrogens (tertiary/aromatic N) is 5. The van der Waals surface area contributed by atoms with E-state index in [1.165, 1.54) is 6.20 Å². The molecule has 2 saturated heterocycles. The van der Waals surface area contributed by atoms with Crippen LogP contribution in [-0.2, 0) is 10.9 Å². The van der Waals surface area contributed by atoms with Crippen molar-refractivity contribution in [2.45, 2.75) is 51.8 Å². The number of ether oxygens (including phenoxy) is 1. The highest BCUT2D eigenvalue weighted by atomic mass is 19.4. The van der Waals surface area contributed by atoms with Crippen LogP contribution in [0.2, 0.25) is 0 Å². The van der Waals surface area contributed by atoms with Gasteiger partial charge in [-0.3, -0.25) is 4.79 Å². The number of hydrogen-bond donors (Lipinski definition) is 1. The molecule has 0 saturated carbocycles. The van der Waals surface area contributed by atoms with Crippen molar-refractivity contribution in [3.8, 4) is 0 Å². The number of oxazole rings is 1. The number of piperidine rings is 1. The molecule has 0 unspecified atom stereocenters. The van der Waals surface area contributed by atoms with Gasteiger partial charge in [-0.1, -0.05) is 0 Å². The summed E-state index contributed by atoms with van der Waals surface area (Å²) < 4.78 is 51.4. The number of halogens is 3. The van der Waals surface area contributed by atoms with Gasteiger partial charge in [-0.2, -0.15) is 18.2 Å². The van der Waals surface area contributed by atoms with Gasteiger partial charge >= 0.3 is 12.3 Å². The van der Waals surface area contributed by atoms with Crippen molar-refractivity contribution in [1.29, 1.82) is 0 Å². The molecule has 0 spiro atoms. The average molecular weight is 525 g/mol. The van der Waals surface area contributed by atoms with Gasteiger partial charge in [-0.25, -0.2) is 9.78 Å². The summed E-state index contributed by atoms with van der Waals surface area (Å²) in [5.74, 6) is -1.32. The molecule has 2 aromatic heterocycles. The molecule has 2 aliphatic rings. The maximum absolute atomic E-state index is 13.6. The molecule has 202 valence electrons. The lowest BCUT2D eigenvalue weighted by atomic mass is 10.1.